The fourth-order valence-corrected chi connectivity index (χ4v) is 3.49. The van der Waals surface area contributed by atoms with Crippen molar-refractivity contribution in [3.8, 4) is 0 Å². The van der Waals surface area contributed by atoms with Gasteiger partial charge in [0.05, 0.1) is 27.6 Å². The minimum absolute atomic E-state index is 0.0202. The average Bonchev–Trinajstić information content (AvgIpc) is 2.76. The molecule has 0 saturated heterocycles. The second-order valence-electron chi connectivity index (χ2n) is 6.31. The van der Waals surface area contributed by atoms with Gasteiger partial charge in [-0.1, -0.05) is 35.3 Å². The number of nitrogen functional groups attached to an aromatic ring is 1. The number of nitrogens with two attached hydrogens (primary N) is 1. The third-order valence-corrected chi connectivity index (χ3v) is 4.80. The van der Waals surface area contributed by atoms with Gasteiger partial charge in [0, 0.05) is 17.5 Å². The Morgan fingerprint density at radius 3 is 2.75 bits per heavy atom. The molecular formula is C19H17Cl2N3O4. The molecule has 28 heavy (non-hydrogen) atoms. The lowest BCUT2D eigenvalue weighted by Gasteiger charge is -2.27. The number of benzene rings is 2. The molecule has 1 heterocycles. The lowest BCUT2D eigenvalue weighted by molar-refractivity contribution is -0.122. The standard InChI is InChI=1S/C19H17Cl2N3O4/c1-10-6-16(25)23-14-4-2-3-5-15(14)24(10)17(26)9-28-19(27)12-7-11(20)8-13(21)18(12)22/h2-5,7-8,10H,6,9,22H2,1H3,(H,23,25). The van der Waals surface area contributed by atoms with Gasteiger partial charge in [-0.05, 0) is 31.2 Å². The number of para-hydroxylation sites is 2. The fraction of sp³-hybridized carbons (Fsp3) is 0.211. The van der Waals surface area contributed by atoms with Crippen molar-refractivity contribution in [1.29, 1.82) is 0 Å². The molecule has 146 valence electrons. The van der Waals surface area contributed by atoms with Crippen LogP contribution in [-0.2, 0) is 14.3 Å². The number of esters is 1. The summed E-state index contributed by atoms with van der Waals surface area (Å²) in [5.41, 5.74) is 6.84. The maximum absolute atomic E-state index is 12.8. The number of carbonyl (C=O) groups excluding carboxylic acids is 3. The van der Waals surface area contributed by atoms with Crippen molar-refractivity contribution in [1.82, 2.24) is 0 Å². The molecule has 0 radical (unpaired) electrons. The smallest absolute Gasteiger partial charge is 0.340 e. The predicted octanol–water partition coefficient (Wildman–Crippen LogP) is 3.50. The van der Waals surface area contributed by atoms with Crippen LogP contribution < -0.4 is 16.0 Å². The lowest BCUT2D eigenvalue weighted by atomic mass is 10.1. The van der Waals surface area contributed by atoms with E-state index in [-0.39, 0.29) is 33.6 Å². The Kier molecular flexibility index (Phi) is 5.76. The van der Waals surface area contributed by atoms with Gasteiger partial charge in [-0.2, -0.15) is 0 Å². The first kappa shape index (κ1) is 20.0. The summed E-state index contributed by atoms with van der Waals surface area (Å²) in [4.78, 5) is 38.6. The van der Waals surface area contributed by atoms with Crippen molar-refractivity contribution in [2.24, 2.45) is 0 Å². The molecule has 0 spiro atoms. The first-order valence-corrected chi connectivity index (χ1v) is 9.16. The van der Waals surface area contributed by atoms with Crippen LogP contribution in [0.2, 0.25) is 10.0 Å². The van der Waals surface area contributed by atoms with Gasteiger partial charge < -0.3 is 20.7 Å². The zero-order valence-electron chi connectivity index (χ0n) is 14.9. The molecule has 3 N–H and O–H groups in total. The van der Waals surface area contributed by atoms with E-state index in [1.54, 1.807) is 31.2 Å². The van der Waals surface area contributed by atoms with E-state index in [9.17, 15) is 14.4 Å². The summed E-state index contributed by atoms with van der Waals surface area (Å²) in [6, 6.07) is 9.23. The van der Waals surface area contributed by atoms with Crippen LogP contribution in [-0.4, -0.2) is 30.4 Å². The lowest BCUT2D eigenvalue weighted by Crippen LogP contribution is -2.41. The number of nitrogens with zero attached hydrogens (tertiary/aromatic N) is 1. The highest BCUT2D eigenvalue weighted by Crippen LogP contribution is 2.32. The van der Waals surface area contributed by atoms with Gasteiger partial charge in [-0.15, -0.1) is 0 Å². The molecule has 0 aliphatic carbocycles. The topological polar surface area (TPSA) is 102 Å². The van der Waals surface area contributed by atoms with E-state index in [0.29, 0.717) is 11.4 Å². The SMILES string of the molecule is CC1CC(=O)Nc2ccccc2N1C(=O)COC(=O)c1cc(Cl)cc(Cl)c1N. The predicted molar refractivity (Wildman–Crippen MR) is 108 cm³/mol. The van der Waals surface area contributed by atoms with Crippen molar-refractivity contribution < 1.29 is 19.1 Å². The van der Waals surface area contributed by atoms with E-state index in [4.69, 9.17) is 33.7 Å². The van der Waals surface area contributed by atoms with Crippen LogP contribution >= 0.6 is 23.2 Å². The molecule has 7 nitrogen and oxygen atoms in total. The Labute approximate surface area is 171 Å². The number of hydrogen-bond donors (Lipinski definition) is 2. The summed E-state index contributed by atoms with van der Waals surface area (Å²) in [5.74, 6) is -1.50. The van der Waals surface area contributed by atoms with Gasteiger partial charge in [0.15, 0.2) is 6.61 Å². The van der Waals surface area contributed by atoms with Crippen LogP contribution in [0.5, 0.6) is 0 Å². The summed E-state index contributed by atoms with van der Waals surface area (Å²) in [6.07, 6.45) is 0.116. The Balaban J connectivity index is 1.79. The third-order valence-electron chi connectivity index (χ3n) is 4.27. The normalized spacial score (nSPS) is 16.0. The second-order valence-corrected chi connectivity index (χ2v) is 7.15. The van der Waals surface area contributed by atoms with Crippen molar-refractivity contribution in [3.05, 3.63) is 52.0 Å². The van der Waals surface area contributed by atoms with Crippen LogP contribution in [0.25, 0.3) is 0 Å². The van der Waals surface area contributed by atoms with Gasteiger partial charge in [-0.3, -0.25) is 9.59 Å². The molecule has 1 unspecified atom stereocenters. The molecule has 2 aromatic rings. The van der Waals surface area contributed by atoms with E-state index in [1.165, 1.54) is 17.0 Å². The minimum atomic E-state index is -0.819. The Hall–Kier alpha value is -2.77. The van der Waals surface area contributed by atoms with Crippen LogP contribution in [0.4, 0.5) is 17.1 Å². The van der Waals surface area contributed by atoms with Crippen molar-refractivity contribution in [3.63, 3.8) is 0 Å². The van der Waals surface area contributed by atoms with Crippen molar-refractivity contribution in [2.75, 3.05) is 22.6 Å². The van der Waals surface area contributed by atoms with Gasteiger partial charge >= 0.3 is 5.97 Å². The summed E-state index contributed by atoms with van der Waals surface area (Å²) in [5, 5.41) is 3.10. The first-order chi connectivity index (χ1) is 13.3. The van der Waals surface area contributed by atoms with Crippen LogP contribution in [0.15, 0.2) is 36.4 Å². The van der Waals surface area contributed by atoms with Crippen molar-refractivity contribution >= 4 is 58.0 Å². The molecule has 3 rings (SSSR count). The number of carbonyl (C=O) groups is 3. The van der Waals surface area contributed by atoms with Crippen LogP contribution in [0, 0.1) is 0 Å². The highest BCUT2D eigenvalue weighted by atomic mass is 35.5. The van der Waals surface area contributed by atoms with Gasteiger partial charge in [0.1, 0.15) is 0 Å². The fourth-order valence-electron chi connectivity index (χ4n) is 3.00. The number of fused-ring (bicyclic) bond motifs is 1. The van der Waals surface area contributed by atoms with E-state index in [0.717, 1.165) is 0 Å². The molecule has 2 aromatic carbocycles. The largest absolute Gasteiger partial charge is 0.452 e. The Bertz CT molecular complexity index is 964. The molecule has 0 fully saturated rings. The first-order valence-electron chi connectivity index (χ1n) is 8.40. The summed E-state index contributed by atoms with van der Waals surface area (Å²) in [6.45, 7) is 1.21. The van der Waals surface area contributed by atoms with Crippen molar-refractivity contribution in [2.45, 2.75) is 19.4 Å². The highest BCUT2D eigenvalue weighted by Gasteiger charge is 2.30. The molecule has 2 amide bonds. The number of ether oxygens (including phenoxy) is 1. The monoisotopic (exact) mass is 421 g/mol. The molecule has 9 heteroatoms. The second kappa shape index (κ2) is 8.08. The highest BCUT2D eigenvalue weighted by molar-refractivity contribution is 6.37. The average molecular weight is 422 g/mol. The van der Waals surface area contributed by atoms with Gasteiger partial charge in [-0.25, -0.2) is 4.79 Å². The van der Waals surface area contributed by atoms with Gasteiger partial charge in [0.25, 0.3) is 5.91 Å². The maximum Gasteiger partial charge on any atom is 0.340 e. The minimum Gasteiger partial charge on any atom is -0.452 e. The molecule has 1 aliphatic heterocycles. The molecule has 0 saturated carbocycles. The quantitative estimate of drug-likeness (QED) is 0.583. The summed E-state index contributed by atoms with van der Waals surface area (Å²) >= 11 is 11.8. The van der Waals surface area contributed by atoms with Crippen LogP contribution in [0.1, 0.15) is 23.7 Å². The molecule has 1 atom stereocenters. The van der Waals surface area contributed by atoms with E-state index in [2.05, 4.69) is 5.32 Å². The number of anilines is 3. The maximum atomic E-state index is 12.8. The summed E-state index contributed by atoms with van der Waals surface area (Å²) in [7, 11) is 0. The third kappa shape index (κ3) is 4.05. The zero-order valence-corrected chi connectivity index (χ0v) is 16.4. The number of rotatable bonds is 3. The molecular weight excluding hydrogens is 405 g/mol. The Morgan fingerprint density at radius 2 is 2.00 bits per heavy atom. The number of halogens is 2. The number of nitrogens with one attached hydrogen (secondary N) is 1. The zero-order chi connectivity index (χ0) is 20.4. The van der Waals surface area contributed by atoms with E-state index < -0.39 is 24.5 Å². The van der Waals surface area contributed by atoms with E-state index >= 15 is 0 Å². The summed E-state index contributed by atoms with van der Waals surface area (Å²) < 4.78 is 5.13. The molecule has 0 bridgehead atoms. The number of hydrogen-bond acceptors (Lipinski definition) is 5. The van der Waals surface area contributed by atoms with E-state index in [1.807, 2.05) is 0 Å². The van der Waals surface area contributed by atoms with Gasteiger partial charge in [0.2, 0.25) is 5.91 Å². The molecule has 0 aromatic heterocycles. The number of amides is 2. The van der Waals surface area contributed by atoms with Crippen LogP contribution in [0.3, 0.4) is 0 Å². The molecule has 1 aliphatic rings. The Morgan fingerprint density at radius 1 is 1.29 bits per heavy atom.